The molecule has 4 aliphatic heterocycles. The van der Waals surface area contributed by atoms with E-state index in [2.05, 4.69) is 34.9 Å². The average molecular weight is 972 g/mol. The molecule has 0 spiro atoms. The number of aliphatic imine (C=N–C) groups is 3. The minimum atomic E-state index is -2.05. The molecule has 3 aromatic carbocycles. The Kier molecular flexibility index (Phi) is 10.6. The molecule has 11 rings (SSSR count). The first-order chi connectivity index (χ1) is 34.2. The molecule has 348 valence electrons. The Morgan fingerprint density at radius 1 is 0.282 bits per heavy atom. The minimum absolute atomic E-state index is 0.0214. The Morgan fingerprint density at radius 3 is 0.930 bits per heavy atom. The molecule has 7 aromatic rings. The van der Waals surface area contributed by atoms with Gasteiger partial charge in [0.05, 0.1) is 90.0 Å². The normalized spacial score (nSPS) is 15.0. The summed E-state index contributed by atoms with van der Waals surface area (Å²) in [6.07, 6.45) is 9.68. The third-order valence-corrected chi connectivity index (χ3v) is 11.7. The Bertz CT molecular complexity index is 3840. The maximum absolute atomic E-state index is 16.8. The summed E-state index contributed by atoms with van der Waals surface area (Å²) in [4.78, 5) is 27.4. The van der Waals surface area contributed by atoms with Crippen LogP contribution < -0.4 is 10.7 Å². The van der Waals surface area contributed by atoms with Gasteiger partial charge >= 0.3 is 0 Å². The molecule has 0 fully saturated rings. The van der Waals surface area contributed by atoms with Gasteiger partial charge in [-0.15, -0.1) is 0 Å². The van der Waals surface area contributed by atoms with Gasteiger partial charge < -0.3 is 4.98 Å². The molecule has 19 heteroatoms. The summed E-state index contributed by atoms with van der Waals surface area (Å²) in [5.74, 6) is -23.3. The zero-order chi connectivity index (χ0) is 49.6. The summed E-state index contributed by atoms with van der Waals surface area (Å²) in [5.41, 5.74) is -14.6. The van der Waals surface area contributed by atoms with E-state index in [1.807, 2.05) is 0 Å². The largest absolute Gasteiger partial charge is 0.353 e. The van der Waals surface area contributed by atoms with E-state index in [1.165, 1.54) is 54.6 Å². The summed E-state index contributed by atoms with van der Waals surface area (Å²) in [6, 6.07) is 13.8. The van der Waals surface area contributed by atoms with Crippen LogP contribution in [0.5, 0.6) is 0 Å². The molecule has 0 amide bonds. The van der Waals surface area contributed by atoms with Gasteiger partial charge in [0.25, 0.3) is 0 Å². The van der Waals surface area contributed by atoms with E-state index in [9.17, 15) is 0 Å². The highest BCUT2D eigenvalue weighted by molar-refractivity contribution is 6.37. The number of halogens is 12. The standard InChI is InChI=1S/C52H21F12N7/c53-41-35(23-7-1-4-18-65-23)42(54)48(60)38(47(41)59)32-26-12-10-21(68-26)22-11-13-27(69-22)33(39-49(61)43(55)36(44(56)50(39)62)24-8-2-5-19-66-24)29-15-17-31(71-29)34(30-16-14-28(32)70-30)40-51(63)45(57)37(46(58)52(40)64)25-9-3-6-20-67-25/h1-20,68H. The van der Waals surface area contributed by atoms with Crippen LogP contribution in [-0.2, 0) is 0 Å². The molecular weight excluding hydrogens is 951 g/mol. The molecule has 0 aliphatic carbocycles. The van der Waals surface area contributed by atoms with Crippen LogP contribution in [0, 0.1) is 69.8 Å². The third-order valence-electron chi connectivity index (χ3n) is 11.7. The number of nitrogens with one attached hydrogen (secondary N) is 1. The van der Waals surface area contributed by atoms with E-state index in [4.69, 9.17) is 0 Å². The number of nitrogens with zero attached hydrogens (tertiary/aromatic N) is 6. The van der Waals surface area contributed by atoms with E-state index < -0.39 is 166 Å². The second-order valence-corrected chi connectivity index (χ2v) is 15.7. The van der Waals surface area contributed by atoms with Crippen LogP contribution in [0.25, 0.3) is 56.2 Å². The molecule has 0 unspecified atom stereocenters. The Hall–Kier alpha value is -9.00. The van der Waals surface area contributed by atoms with Crippen molar-refractivity contribution in [1.29, 1.82) is 0 Å². The summed E-state index contributed by atoms with van der Waals surface area (Å²) < 4.78 is 197. The van der Waals surface area contributed by atoms with Crippen LogP contribution >= 0.6 is 0 Å². The first kappa shape index (κ1) is 44.5. The zero-order valence-electron chi connectivity index (χ0n) is 35.3. The van der Waals surface area contributed by atoms with Crippen molar-refractivity contribution in [3.63, 3.8) is 0 Å². The minimum Gasteiger partial charge on any atom is -0.353 e. The monoisotopic (exact) mass is 971 g/mol. The van der Waals surface area contributed by atoms with Gasteiger partial charge in [0, 0.05) is 40.7 Å². The third kappa shape index (κ3) is 6.93. The number of aromatic nitrogens is 4. The lowest BCUT2D eigenvalue weighted by atomic mass is 9.94. The SMILES string of the molecule is Fc1c(F)c(-c2ccccn2)c(F)c(F)c1C1=C2C=CC(=N2)C(c2c(F)c(F)c(-c3ccccn3)c(F)c2F)=C2C=CC(=N2)C(c2c(F)c(F)c(-c3ccccn3)c(F)c2F)=c2ccc([nH]2)=C2C=CC1=N2. The molecule has 8 bridgehead atoms. The highest BCUT2D eigenvalue weighted by Gasteiger charge is 2.37. The lowest BCUT2D eigenvalue weighted by molar-refractivity contribution is 0.454. The lowest BCUT2D eigenvalue weighted by Gasteiger charge is -2.16. The number of hydrogen-bond acceptors (Lipinski definition) is 6. The van der Waals surface area contributed by atoms with Crippen molar-refractivity contribution in [1.82, 2.24) is 19.9 Å². The number of H-pyrrole nitrogens is 1. The van der Waals surface area contributed by atoms with Crippen LogP contribution in [0.2, 0.25) is 0 Å². The first-order valence-corrected chi connectivity index (χ1v) is 20.8. The fraction of sp³-hybridized carbons (Fsp3) is 0. The van der Waals surface area contributed by atoms with Crippen LogP contribution in [-0.4, -0.2) is 37.1 Å². The summed E-state index contributed by atoms with van der Waals surface area (Å²) in [7, 11) is 0. The first-order valence-electron chi connectivity index (χ1n) is 20.8. The van der Waals surface area contributed by atoms with E-state index in [-0.39, 0.29) is 16.4 Å². The Balaban J connectivity index is 1.25. The van der Waals surface area contributed by atoms with Crippen molar-refractivity contribution in [2.24, 2.45) is 15.0 Å². The molecule has 8 heterocycles. The van der Waals surface area contributed by atoms with Gasteiger partial charge in [0.2, 0.25) is 0 Å². The highest BCUT2D eigenvalue weighted by atomic mass is 19.2. The van der Waals surface area contributed by atoms with Gasteiger partial charge in [-0.3, -0.25) is 15.0 Å². The van der Waals surface area contributed by atoms with Crippen molar-refractivity contribution in [2.45, 2.75) is 0 Å². The van der Waals surface area contributed by atoms with Gasteiger partial charge in [0.15, 0.2) is 69.8 Å². The maximum atomic E-state index is 16.8. The van der Waals surface area contributed by atoms with Crippen molar-refractivity contribution >= 4 is 39.6 Å². The number of pyridine rings is 3. The molecule has 71 heavy (non-hydrogen) atoms. The molecule has 0 saturated carbocycles. The lowest BCUT2D eigenvalue weighted by Crippen LogP contribution is -2.21. The number of hydrogen-bond donors (Lipinski definition) is 1. The number of aromatic amines is 1. The second kappa shape index (κ2) is 16.9. The highest BCUT2D eigenvalue weighted by Crippen LogP contribution is 2.43. The van der Waals surface area contributed by atoms with Gasteiger partial charge in [-0.2, -0.15) is 0 Å². The summed E-state index contributed by atoms with van der Waals surface area (Å²) in [6.45, 7) is 0. The van der Waals surface area contributed by atoms with Crippen LogP contribution in [0.1, 0.15) is 16.7 Å². The fourth-order valence-corrected chi connectivity index (χ4v) is 8.56. The number of fused-ring (bicyclic) bond motifs is 5. The van der Waals surface area contributed by atoms with E-state index in [0.29, 0.717) is 0 Å². The van der Waals surface area contributed by atoms with E-state index in [1.54, 1.807) is 0 Å². The predicted molar refractivity (Wildman–Crippen MR) is 238 cm³/mol. The summed E-state index contributed by atoms with van der Waals surface area (Å²) >= 11 is 0. The molecule has 7 nitrogen and oxygen atoms in total. The molecular formula is C52H21F12N7. The molecule has 0 atom stereocenters. The smallest absolute Gasteiger partial charge is 0.172 e. The number of allylic oxidation sites excluding steroid dienone is 7. The van der Waals surface area contributed by atoms with Crippen molar-refractivity contribution < 1.29 is 52.7 Å². The number of rotatable bonds is 6. The maximum Gasteiger partial charge on any atom is 0.172 e. The average Bonchev–Trinajstić information content (AvgIpc) is 4.24. The van der Waals surface area contributed by atoms with E-state index >= 15 is 52.7 Å². The zero-order valence-corrected chi connectivity index (χ0v) is 35.3. The quantitative estimate of drug-likeness (QED) is 0.133. The van der Waals surface area contributed by atoms with Gasteiger partial charge in [-0.05, 0) is 85.0 Å². The predicted octanol–water partition coefficient (Wildman–Crippen LogP) is 11.0. The molecule has 0 radical (unpaired) electrons. The van der Waals surface area contributed by atoms with Gasteiger partial charge in [-0.1, -0.05) is 18.2 Å². The molecule has 4 aliphatic rings. The summed E-state index contributed by atoms with van der Waals surface area (Å²) in [5, 5.41) is -0.349. The van der Waals surface area contributed by atoms with Crippen molar-refractivity contribution in [3.05, 3.63) is 230 Å². The van der Waals surface area contributed by atoms with Gasteiger partial charge in [0.1, 0.15) is 0 Å². The van der Waals surface area contributed by atoms with Crippen LogP contribution in [0.15, 0.2) is 148 Å². The topological polar surface area (TPSA) is 91.5 Å². The van der Waals surface area contributed by atoms with Crippen molar-refractivity contribution in [3.8, 4) is 33.8 Å². The molecule has 0 saturated heterocycles. The van der Waals surface area contributed by atoms with Crippen LogP contribution in [0.3, 0.4) is 0 Å². The molecule has 1 N–H and O–H groups in total. The van der Waals surface area contributed by atoms with Gasteiger partial charge in [-0.25, -0.2) is 67.7 Å². The Labute approximate surface area is 390 Å². The Morgan fingerprint density at radius 2 is 0.577 bits per heavy atom. The fourth-order valence-electron chi connectivity index (χ4n) is 8.56. The van der Waals surface area contributed by atoms with Crippen molar-refractivity contribution in [2.75, 3.05) is 0 Å². The van der Waals surface area contributed by atoms with Crippen LogP contribution in [0.4, 0.5) is 52.7 Å². The second-order valence-electron chi connectivity index (χ2n) is 15.7. The van der Waals surface area contributed by atoms with E-state index in [0.717, 1.165) is 67.2 Å². The molecule has 4 aromatic heterocycles. The number of benzene rings is 3.